The number of fused-ring (bicyclic) bond motifs is 1. The van der Waals surface area contributed by atoms with Crippen LogP contribution in [0, 0.1) is 5.92 Å². The van der Waals surface area contributed by atoms with Gasteiger partial charge in [-0.1, -0.05) is 31.2 Å². The van der Waals surface area contributed by atoms with Crippen LogP contribution in [0.2, 0.25) is 0 Å². The second kappa shape index (κ2) is 4.91. The zero-order valence-electron chi connectivity index (χ0n) is 11.3. The Balaban J connectivity index is 2.16. The largest absolute Gasteiger partial charge is 0.385 e. The number of benzene rings is 1. The van der Waals surface area contributed by atoms with Gasteiger partial charge >= 0.3 is 0 Å². The van der Waals surface area contributed by atoms with E-state index in [0.717, 1.165) is 42.4 Å². The highest BCUT2D eigenvalue weighted by Crippen LogP contribution is 2.39. The summed E-state index contributed by atoms with van der Waals surface area (Å²) < 4.78 is 0. The molecule has 1 aromatic carbocycles. The van der Waals surface area contributed by atoms with Gasteiger partial charge in [-0.15, -0.1) is 0 Å². The number of aliphatic hydroxyl groups is 1. The summed E-state index contributed by atoms with van der Waals surface area (Å²) in [6.07, 6.45) is 3.52. The number of hydrogen-bond acceptors (Lipinski definition) is 3. The number of hydrogen-bond donors (Lipinski definition) is 2. The normalized spacial score (nSPS) is 27.6. The van der Waals surface area contributed by atoms with Crippen molar-refractivity contribution < 1.29 is 5.11 Å². The molecule has 100 valence electrons. The number of nitrogens with zero attached hydrogens (tertiary/aromatic N) is 1. The van der Waals surface area contributed by atoms with Crippen LogP contribution in [-0.2, 0) is 5.60 Å². The third-order valence-electron chi connectivity index (χ3n) is 4.34. The van der Waals surface area contributed by atoms with Crippen LogP contribution in [-0.4, -0.2) is 23.2 Å². The summed E-state index contributed by atoms with van der Waals surface area (Å²) in [6, 6.07) is 10.1. The van der Waals surface area contributed by atoms with Gasteiger partial charge in [0.25, 0.3) is 0 Å². The van der Waals surface area contributed by atoms with Gasteiger partial charge in [-0.2, -0.15) is 0 Å². The highest BCUT2D eigenvalue weighted by atomic mass is 16.3. The molecule has 1 saturated heterocycles. The fourth-order valence-corrected chi connectivity index (χ4v) is 3.22. The van der Waals surface area contributed by atoms with Gasteiger partial charge in [-0.05, 0) is 25.5 Å². The number of pyridine rings is 1. The number of aromatic nitrogens is 1. The van der Waals surface area contributed by atoms with Crippen molar-refractivity contribution in [3.05, 3.63) is 42.1 Å². The van der Waals surface area contributed by atoms with Crippen LogP contribution in [0.5, 0.6) is 0 Å². The molecule has 2 atom stereocenters. The second-order valence-corrected chi connectivity index (χ2v) is 5.36. The van der Waals surface area contributed by atoms with Crippen molar-refractivity contribution in [3.63, 3.8) is 0 Å². The summed E-state index contributed by atoms with van der Waals surface area (Å²) in [5.41, 5.74) is 1.17. The van der Waals surface area contributed by atoms with E-state index in [1.165, 1.54) is 0 Å². The minimum atomic E-state index is -0.756. The van der Waals surface area contributed by atoms with Crippen LogP contribution in [0.4, 0.5) is 0 Å². The van der Waals surface area contributed by atoms with Crippen LogP contribution in [0.25, 0.3) is 10.9 Å². The van der Waals surface area contributed by atoms with Gasteiger partial charge in [0.05, 0.1) is 11.1 Å². The molecule has 3 rings (SSSR count). The molecule has 2 aromatic rings. The maximum Gasteiger partial charge on any atom is 0.0969 e. The number of para-hydroxylation sites is 1. The van der Waals surface area contributed by atoms with Gasteiger partial charge in [0.15, 0.2) is 0 Å². The molecule has 2 N–H and O–H groups in total. The first-order valence-corrected chi connectivity index (χ1v) is 7.03. The van der Waals surface area contributed by atoms with Gasteiger partial charge in [0.1, 0.15) is 0 Å². The lowest BCUT2D eigenvalue weighted by Gasteiger charge is -2.40. The maximum atomic E-state index is 11.2. The van der Waals surface area contributed by atoms with E-state index < -0.39 is 5.60 Å². The highest BCUT2D eigenvalue weighted by Gasteiger charge is 2.40. The van der Waals surface area contributed by atoms with E-state index >= 15 is 0 Å². The Morgan fingerprint density at radius 3 is 3.05 bits per heavy atom. The zero-order chi connectivity index (χ0) is 13.3. The standard InChI is InChI=1S/C16H20N2O/c1-2-13-11-17-10-8-16(13,19)14-7-3-5-12-6-4-9-18-15(12)14/h3-7,9,13,17,19H,2,8,10-11H2,1H3. The van der Waals surface area contributed by atoms with Crippen molar-refractivity contribution in [2.45, 2.75) is 25.4 Å². The van der Waals surface area contributed by atoms with Crippen LogP contribution < -0.4 is 5.32 Å². The van der Waals surface area contributed by atoms with E-state index in [9.17, 15) is 5.11 Å². The van der Waals surface area contributed by atoms with Gasteiger partial charge in [-0.3, -0.25) is 4.98 Å². The first-order valence-electron chi connectivity index (χ1n) is 7.03. The Kier molecular flexibility index (Phi) is 3.25. The second-order valence-electron chi connectivity index (χ2n) is 5.36. The van der Waals surface area contributed by atoms with Crippen LogP contribution in [0.3, 0.4) is 0 Å². The third-order valence-corrected chi connectivity index (χ3v) is 4.34. The van der Waals surface area contributed by atoms with E-state index in [0.29, 0.717) is 0 Å². The van der Waals surface area contributed by atoms with Crippen molar-refractivity contribution in [2.75, 3.05) is 13.1 Å². The predicted molar refractivity (Wildman–Crippen MR) is 76.9 cm³/mol. The maximum absolute atomic E-state index is 11.2. The molecule has 0 bridgehead atoms. The smallest absolute Gasteiger partial charge is 0.0969 e. The van der Waals surface area contributed by atoms with E-state index in [1.807, 2.05) is 18.2 Å². The quantitative estimate of drug-likeness (QED) is 0.867. The summed E-state index contributed by atoms with van der Waals surface area (Å²) in [5.74, 6) is 0.244. The van der Waals surface area contributed by atoms with E-state index in [-0.39, 0.29) is 5.92 Å². The Labute approximate surface area is 113 Å². The Hall–Kier alpha value is -1.45. The molecule has 0 amide bonds. The van der Waals surface area contributed by atoms with Crippen molar-refractivity contribution in [3.8, 4) is 0 Å². The lowest BCUT2D eigenvalue weighted by Crippen LogP contribution is -2.48. The molecule has 0 radical (unpaired) electrons. The zero-order valence-corrected chi connectivity index (χ0v) is 11.3. The van der Waals surface area contributed by atoms with Crippen molar-refractivity contribution >= 4 is 10.9 Å². The van der Waals surface area contributed by atoms with Crippen LogP contribution in [0.15, 0.2) is 36.5 Å². The first-order chi connectivity index (χ1) is 9.25. The molecule has 0 spiro atoms. The summed E-state index contributed by atoms with van der Waals surface area (Å²) >= 11 is 0. The number of piperidine rings is 1. The summed E-state index contributed by atoms with van der Waals surface area (Å²) in [5, 5.41) is 15.7. The molecule has 1 fully saturated rings. The molecule has 2 unspecified atom stereocenters. The molecule has 0 saturated carbocycles. The molecule has 1 aliphatic heterocycles. The Morgan fingerprint density at radius 1 is 1.37 bits per heavy atom. The molecule has 0 aliphatic carbocycles. The topological polar surface area (TPSA) is 45.1 Å². The molecular formula is C16H20N2O. The molecule has 19 heavy (non-hydrogen) atoms. The average Bonchev–Trinajstić information content (AvgIpc) is 2.47. The van der Waals surface area contributed by atoms with Crippen LogP contribution in [0.1, 0.15) is 25.3 Å². The molecular weight excluding hydrogens is 236 g/mol. The Bertz CT molecular complexity index is 578. The fourth-order valence-electron chi connectivity index (χ4n) is 3.22. The minimum Gasteiger partial charge on any atom is -0.385 e. The molecule has 1 aliphatic rings. The number of nitrogens with one attached hydrogen (secondary N) is 1. The molecule has 1 aromatic heterocycles. The van der Waals surface area contributed by atoms with Gasteiger partial charge in [-0.25, -0.2) is 0 Å². The van der Waals surface area contributed by atoms with Crippen molar-refractivity contribution in [2.24, 2.45) is 5.92 Å². The summed E-state index contributed by atoms with van der Waals surface area (Å²) in [6.45, 7) is 3.87. The Morgan fingerprint density at radius 2 is 2.21 bits per heavy atom. The van der Waals surface area contributed by atoms with Gasteiger partial charge in [0, 0.05) is 29.6 Å². The van der Waals surface area contributed by atoms with Crippen LogP contribution >= 0.6 is 0 Å². The lowest BCUT2D eigenvalue weighted by atomic mass is 9.74. The average molecular weight is 256 g/mol. The number of rotatable bonds is 2. The monoisotopic (exact) mass is 256 g/mol. The first kappa shape index (κ1) is 12.6. The SMILES string of the molecule is CCC1CNCCC1(O)c1cccc2cccnc12. The predicted octanol–water partition coefficient (Wildman–Crippen LogP) is 2.44. The molecule has 3 nitrogen and oxygen atoms in total. The highest BCUT2D eigenvalue weighted by molar-refractivity contribution is 5.82. The van der Waals surface area contributed by atoms with Gasteiger partial charge in [0.2, 0.25) is 0 Å². The van der Waals surface area contributed by atoms with Crippen molar-refractivity contribution in [1.29, 1.82) is 0 Å². The van der Waals surface area contributed by atoms with E-state index in [2.05, 4.69) is 29.4 Å². The summed E-state index contributed by atoms with van der Waals surface area (Å²) in [7, 11) is 0. The molecule has 2 heterocycles. The van der Waals surface area contributed by atoms with Gasteiger partial charge < -0.3 is 10.4 Å². The molecule has 3 heteroatoms. The minimum absolute atomic E-state index is 0.244. The van der Waals surface area contributed by atoms with E-state index in [1.54, 1.807) is 6.20 Å². The fraction of sp³-hybridized carbons (Fsp3) is 0.438. The summed E-state index contributed by atoms with van der Waals surface area (Å²) in [4.78, 5) is 4.49. The lowest BCUT2D eigenvalue weighted by molar-refractivity contribution is -0.0467. The van der Waals surface area contributed by atoms with E-state index in [4.69, 9.17) is 0 Å². The van der Waals surface area contributed by atoms with Crippen molar-refractivity contribution in [1.82, 2.24) is 10.3 Å². The third kappa shape index (κ3) is 2.03.